The SMILES string of the molecule is CCC1(CC)CCN(c2ccc([N+](=O)[O-])cc2C#N)CC1. The summed E-state index contributed by atoms with van der Waals surface area (Å²) in [5, 5.41) is 20.1. The van der Waals surface area contributed by atoms with Crippen molar-refractivity contribution in [1.29, 1.82) is 5.26 Å². The molecule has 1 heterocycles. The Morgan fingerprint density at radius 2 is 1.95 bits per heavy atom. The van der Waals surface area contributed by atoms with Crippen molar-refractivity contribution in [3.63, 3.8) is 0 Å². The van der Waals surface area contributed by atoms with Crippen LogP contribution in [-0.2, 0) is 0 Å². The molecule has 1 aliphatic rings. The minimum Gasteiger partial charge on any atom is -0.370 e. The molecule has 1 fully saturated rings. The molecule has 0 amide bonds. The minimum atomic E-state index is -0.458. The Balaban J connectivity index is 2.21. The van der Waals surface area contributed by atoms with Crippen LogP contribution in [0.2, 0.25) is 0 Å². The fraction of sp³-hybridized carbons (Fsp3) is 0.562. The molecular formula is C16H21N3O2. The van der Waals surface area contributed by atoms with Crippen molar-refractivity contribution in [2.75, 3.05) is 18.0 Å². The second-order valence-corrected chi connectivity index (χ2v) is 5.76. The first kappa shape index (κ1) is 15.3. The zero-order valence-electron chi connectivity index (χ0n) is 12.6. The molecule has 2 rings (SSSR count). The Hall–Kier alpha value is -2.09. The standard InChI is InChI=1S/C16H21N3O2/c1-3-16(4-2)7-9-18(10-8-16)15-6-5-14(19(20)21)11-13(15)12-17/h5-6,11H,3-4,7-10H2,1-2H3. The van der Waals surface area contributed by atoms with Gasteiger partial charge in [0.2, 0.25) is 0 Å². The van der Waals surface area contributed by atoms with Gasteiger partial charge in [0.1, 0.15) is 6.07 Å². The lowest BCUT2D eigenvalue weighted by molar-refractivity contribution is -0.384. The molecule has 0 aromatic heterocycles. The van der Waals surface area contributed by atoms with Gasteiger partial charge in [-0.15, -0.1) is 0 Å². The van der Waals surface area contributed by atoms with E-state index in [0.717, 1.165) is 31.6 Å². The zero-order valence-corrected chi connectivity index (χ0v) is 12.6. The molecule has 1 aromatic rings. The molecule has 5 nitrogen and oxygen atoms in total. The molecule has 0 saturated carbocycles. The summed E-state index contributed by atoms with van der Waals surface area (Å²) in [5.74, 6) is 0. The lowest BCUT2D eigenvalue weighted by Gasteiger charge is -2.42. The second kappa shape index (κ2) is 6.13. The van der Waals surface area contributed by atoms with Gasteiger partial charge < -0.3 is 4.90 Å². The summed E-state index contributed by atoms with van der Waals surface area (Å²) in [6.45, 7) is 6.31. The number of piperidine rings is 1. The van der Waals surface area contributed by atoms with E-state index in [-0.39, 0.29) is 5.69 Å². The summed E-state index contributed by atoms with van der Waals surface area (Å²) in [6, 6.07) is 6.66. The van der Waals surface area contributed by atoms with Gasteiger partial charge in [-0.05, 0) is 24.3 Å². The first-order valence-corrected chi connectivity index (χ1v) is 7.48. The van der Waals surface area contributed by atoms with Crippen LogP contribution >= 0.6 is 0 Å². The van der Waals surface area contributed by atoms with E-state index >= 15 is 0 Å². The van der Waals surface area contributed by atoms with Crippen molar-refractivity contribution < 1.29 is 4.92 Å². The van der Waals surface area contributed by atoms with Gasteiger partial charge in [-0.25, -0.2) is 0 Å². The number of nitrogens with zero attached hydrogens (tertiary/aromatic N) is 3. The van der Waals surface area contributed by atoms with Crippen molar-refractivity contribution in [2.45, 2.75) is 39.5 Å². The predicted octanol–water partition coefficient (Wildman–Crippen LogP) is 3.87. The highest BCUT2D eigenvalue weighted by Crippen LogP contribution is 2.39. The number of hydrogen-bond donors (Lipinski definition) is 0. The topological polar surface area (TPSA) is 70.2 Å². The highest BCUT2D eigenvalue weighted by Gasteiger charge is 2.32. The van der Waals surface area contributed by atoms with Crippen LogP contribution in [0.15, 0.2) is 18.2 Å². The number of rotatable bonds is 4. The van der Waals surface area contributed by atoms with Gasteiger partial charge in [-0.2, -0.15) is 5.26 Å². The maximum Gasteiger partial charge on any atom is 0.270 e. The van der Waals surface area contributed by atoms with Crippen molar-refractivity contribution in [3.05, 3.63) is 33.9 Å². The molecule has 0 atom stereocenters. The zero-order chi connectivity index (χ0) is 15.5. The van der Waals surface area contributed by atoms with Gasteiger partial charge in [0.15, 0.2) is 0 Å². The molecule has 5 heteroatoms. The Kier molecular flexibility index (Phi) is 4.46. The molecule has 0 aliphatic carbocycles. The van der Waals surface area contributed by atoms with Gasteiger partial charge >= 0.3 is 0 Å². The second-order valence-electron chi connectivity index (χ2n) is 5.76. The van der Waals surface area contributed by atoms with Crippen LogP contribution in [0.1, 0.15) is 45.1 Å². The largest absolute Gasteiger partial charge is 0.370 e. The van der Waals surface area contributed by atoms with E-state index in [1.54, 1.807) is 6.07 Å². The summed E-state index contributed by atoms with van der Waals surface area (Å²) in [4.78, 5) is 12.5. The van der Waals surface area contributed by atoms with Gasteiger partial charge in [-0.3, -0.25) is 10.1 Å². The maximum absolute atomic E-state index is 10.8. The number of nitriles is 1. The summed E-state index contributed by atoms with van der Waals surface area (Å²) in [5.41, 5.74) is 1.61. The van der Waals surface area contributed by atoms with Gasteiger partial charge in [-0.1, -0.05) is 26.7 Å². The van der Waals surface area contributed by atoms with E-state index in [0.29, 0.717) is 11.0 Å². The molecule has 1 aliphatic heterocycles. The Morgan fingerprint density at radius 3 is 2.43 bits per heavy atom. The minimum absolute atomic E-state index is 0.0243. The van der Waals surface area contributed by atoms with E-state index < -0.39 is 4.92 Å². The highest BCUT2D eigenvalue weighted by molar-refractivity contribution is 5.63. The normalized spacial score (nSPS) is 17.3. The van der Waals surface area contributed by atoms with Crippen molar-refractivity contribution in [1.82, 2.24) is 0 Å². The molecule has 112 valence electrons. The van der Waals surface area contributed by atoms with Crippen molar-refractivity contribution in [3.8, 4) is 6.07 Å². The monoisotopic (exact) mass is 287 g/mol. The molecule has 1 aromatic carbocycles. The molecule has 0 spiro atoms. The van der Waals surface area contributed by atoms with Gasteiger partial charge in [0, 0.05) is 25.2 Å². The third kappa shape index (κ3) is 2.99. The smallest absolute Gasteiger partial charge is 0.270 e. The number of anilines is 1. The van der Waals surface area contributed by atoms with E-state index in [1.165, 1.54) is 25.0 Å². The quantitative estimate of drug-likeness (QED) is 0.622. The van der Waals surface area contributed by atoms with E-state index in [1.807, 2.05) is 0 Å². The molecule has 0 N–H and O–H groups in total. The summed E-state index contributed by atoms with van der Waals surface area (Å²) in [6.07, 6.45) is 4.59. The van der Waals surface area contributed by atoms with Crippen molar-refractivity contribution >= 4 is 11.4 Å². The Morgan fingerprint density at radius 1 is 1.33 bits per heavy atom. The average Bonchev–Trinajstić information content (AvgIpc) is 2.54. The number of benzene rings is 1. The fourth-order valence-corrected chi connectivity index (χ4v) is 3.18. The molecule has 21 heavy (non-hydrogen) atoms. The lowest BCUT2D eigenvalue weighted by Crippen LogP contribution is -2.39. The Labute approximate surface area is 125 Å². The maximum atomic E-state index is 10.8. The van der Waals surface area contributed by atoms with Crippen LogP contribution in [0.4, 0.5) is 11.4 Å². The highest BCUT2D eigenvalue weighted by atomic mass is 16.6. The van der Waals surface area contributed by atoms with Crippen LogP contribution in [-0.4, -0.2) is 18.0 Å². The van der Waals surface area contributed by atoms with E-state index in [4.69, 9.17) is 0 Å². The third-order valence-corrected chi connectivity index (χ3v) is 4.98. The van der Waals surface area contributed by atoms with Gasteiger partial charge in [0.25, 0.3) is 5.69 Å². The number of nitro groups is 1. The van der Waals surface area contributed by atoms with E-state index in [9.17, 15) is 15.4 Å². The van der Waals surface area contributed by atoms with Crippen LogP contribution in [0.5, 0.6) is 0 Å². The third-order valence-electron chi connectivity index (χ3n) is 4.98. The number of nitro benzene ring substituents is 1. The number of non-ortho nitro benzene ring substituents is 1. The molecular weight excluding hydrogens is 266 g/mol. The molecule has 0 radical (unpaired) electrons. The summed E-state index contributed by atoms with van der Waals surface area (Å²) < 4.78 is 0. The molecule has 0 unspecified atom stereocenters. The Bertz CT molecular complexity index is 563. The number of hydrogen-bond acceptors (Lipinski definition) is 4. The van der Waals surface area contributed by atoms with Crippen LogP contribution < -0.4 is 4.90 Å². The van der Waals surface area contributed by atoms with Crippen LogP contribution in [0.25, 0.3) is 0 Å². The lowest BCUT2D eigenvalue weighted by atomic mass is 9.74. The van der Waals surface area contributed by atoms with Crippen LogP contribution in [0, 0.1) is 26.9 Å². The van der Waals surface area contributed by atoms with E-state index in [2.05, 4.69) is 24.8 Å². The fourth-order valence-electron chi connectivity index (χ4n) is 3.18. The summed E-state index contributed by atoms with van der Waals surface area (Å²) >= 11 is 0. The first-order chi connectivity index (χ1) is 10.0. The first-order valence-electron chi connectivity index (χ1n) is 7.48. The molecule has 1 saturated heterocycles. The van der Waals surface area contributed by atoms with Crippen molar-refractivity contribution in [2.24, 2.45) is 5.41 Å². The molecule has 0 bridgehead atoms. The summed E-state index contributed by atoms with van der Waals surface area (Å²) in [7, 11) is 0. The average molecular weight is 287 g/mol. The predicted molar refractivity (Wildman–Crippen MR) is 82.3 cm³/mol. The van der Waals surface area contributed by atoms with Crippen LogP contribution in [0.3, 0.4) is 0 Å². The van der Waals surface area contributed by atoms with Gasteiger partial charge in [0.05, 0.1) is 16.2 Å².